The largest absolute Gasteiger partial charge is 0.393 e. The third kappa shape index (κ3) is 2.42. The molecule has 0 heterocycles. The maximum absolute atomic E-state index is 10.1. The zero-order chi connectivity index (χ0) is 17.4. The fraction of sp³-hybridized carbons (Fsp3) is 0.913. The standard InChI is InChI=1S/C23H36O2/c1-21(12-13-21)25-20-7-6-18-17-5-4-15-14-16(24)8-10-22(15,2)19(17)9-11-23(18,20)3/h4,16-20,24H,5-14H2,1-3H3/t16?,17-,18-,19+,20?,22-,23-/m0/s1. The normalized spacial score (nSPS) is 53.4. The fourth-order valence-corrected chi connectivity index (χ4v) is 7.42. The van der Waals surface area contributed by atoms with Crippen molar-refractivity contribution in [1.29, 1.82) is 0 Å². The predicted octanol–water partition coefficient (Wildman–Crippen LogP) is 5.25. The molecule has 0 aromatic rings. The lowest BCUT2D eigenvalue weighted by Crippen LogP contribution is -2.51. The molecule has 0 aromatic carbocycles. The molecule has 0 spiro atoms. The van der Waals surface area contributed by atoms with Crippen LogP contribution in [-0.4, -0.2) is 22.9 Å². The zero-order valence-electron chi connectivity index (χ0n) is 16.4. The van der Waals surface area contributed by atoms with E-state index in [-0.39, 0.29) is 11.7 Å². The molecule has 4 fully saturated rings. The molecule has 0 bridgehead atoms. The molecular formula is C23H36O2. The van der Waals surface area contributed by atoms with Gasteiger partial charge in [-0.1, -0.05) is 25.5 Å². The van der Waals surface area contributed by atoms with Crippen LogP contribution < -0.4 is 0 Å². The quantitative estimate of drug-likeness (QED) is 0.693. The predicted molar refractivity (Wildman–Crippen MR) is 100 cm³/mol. The monoisotopic (exact) mass is 344 g/mol. The molecule has 5 aliphatic rings. The van der Waals surface area contributed by atoms with Gasteiger partial charge in [-0.2, -0.15) is 0 Å². The molecule has 1 N–H and O–H groups in total. The van der Waals surface area contributed by atoms with E-state index in [4.69, 9.17) is 4.74 Å². The summed E-state index contributed by atoms with van der Waals surface area (Å²) in [7, 11) is 0. The lowest BCUT2D eigenvalue weighted by Gasteiger charge is -2.58. The number of allylic oxidation sites excluding steroid dienone is 1. The van der Waals surface area contributed by atoms with Gasteiger partial charge in [0.2, 0.25) is 0 Å². The van der Waals surface area contributed by atoms with Crippen molar-refractivity contribution >= 4 is 0 Å². The number of hydrogen-bond acceptors (Lipinski definition) is 2. The van der Waals surface area contributed by atoms with Gasteiger partial charge in [0.25, 0.3) is 0 Å². The average molecular weight is 345 g/mol. The van der Waals surface area contributed by atoms with E-state index in [9.17, 15) is 5.11 Å². The van der Waals surface area contributed by atoms with Crippen LogP contribution in [0.5, 0.6) is 0 Å². The molecule has 0 aliphatic heterocycles. The first kappa shape index (κ1) is 16.8. The molecule has 0 aromatic heterocycles. The van der Waals surface area contributed by atoms with E-state index < -0.39 is 0 Å². The van der Waals surface area contributed by atoms with E-state index in [1.807, 2.05) is 0 Å². The molecule has 5 aliphatic carbocycles. The number of ether oxygens (including phenoxy) is 1. The molecule has 0 saturated heterocycles. The van der Waals surface area contributed by atoms with Gasteiger partial charge in [0.15, 0.2) is 0 Å². The first-order valence-corrected chi connectivity index (χ1v) is 10.9. The summed E-state index contributed by atoms with van der Waals surface area (Å²) in [6, 6.07) is 0. The number of rotatable bonds is 2. The summed E-state index contributed by atoms with van der Waals surface area (Å²) in [5.41, 5.74) is 2.57. The first-order valence-electron chi connectivity index (χ1n) is 10.9. The van der Waals surface area contributed by atoms with Crippen LogP contribution in [0.3, 0.4) is 0 Å². The van der Waals surface area contributed by atoms with E-state index in [1.165, 1.54) is 51.4 Å². The van der Waals surface area contributed by atoms with Crippen LogP contribution >= 0.6 is 0 Å². The van der Waals surface area contributed by atoms with Gasteiger partial charge >= 0.3 is 0 Å². The zero-order valence-corrected chi connectivity index (χ0v) is 16.4. The van der Waals surface area contributed by atoms with E-state index in [1.54, 1.807) is 5.57 Å². The molecule has 5 rings (SSSR count). The molecule has 4 saturated carbocycles. The van der Waals surface area contributed by atoms with Crippen LogP contribution in [0.4, 0.5) is 0 Å². The van der Waals surface area contributed by atoms with Crippen LogP contribution in [0.15, 0.2) is 11.6 Å². The molecule has 25 heavy (non-hydrogen) atoms. The van der Waals surface area contributed by atoms with Crippen LogP contribution in [0.1, 0.15) is 85.0 Å². The molecule has 2 nitrogen and oxygen atoms in total. The van der Waals surface area contributed by atoms with Crippen molar-refractivity contribution in [2.45, 2.75) is 103 Å². The Bertz CT molecular complexity index is 591. The van der Waals surface area contributed by atoms with Gasteiger partial charge in [-0.15, -0.1) is 0 Å². The number of aliphatic hydroxyl groups excluding tert-OH is 1. The minimum Gasteiger partial charge on any atom is -0.393 e. The Labute approximate surface area is 153 Å². The molecule has 2 heteroatoms. The Morgan fingerprint density at radius 3 is 2.52 bits per heavy atom. The Balaban J connectivity index is 1.41. The van der Waals surface area contributed by atoms with Crippen LogP contribution in [0.25, 0.3) is 0 Å². The van der Waals surface area contributed by atoms with Crippen molar-refractivity contribution in [2.24, 2.45) is 28.6 Å². The summed E-state index contributed by atoms with van der Waals surface area (Å²) in [5.74, 6) is 2.54. The van der Waals surface area contributed by atoms with Gasteiger partial charge in [-0.05, 0) is 99.7 Å². The highest BCUT2D eigenvalue weighted by Crippen LogP contribution is 2.65. The summed E-state index contributed by atoms with van der Waals surface area (Å²) in [4.78, 5) is 0. The van der Waals surface area contributed by atoms with Crippen LogP contribution in [0.2, 0.25) is 0 Å². The molecule has 140 valence electrons. The third-order valence-electron chi connectivity index (χ3n) is 9.37. The van der Waals surface area contributed by atoms with Gasteiger partial charge in [0, 0.05) is 0 Å². The minimum absolute atomic E-state index is 0.0896. The fourth-order valence-electron chi connectivity index (χ4n) is 7.42. The van der Waals surface area contributed by atoms with Gasteiger partial charge in [0.1, 0.15) is 0 Å². The van der Waals surface area contributed by atoms with Crippen LogP contribution in [-0.2, 0) is 4.74 Å². The van der Waals surface area contributed by atoms with E-state index in [0.29, 0.717) is 16.9 Å². The molecule has 2 unspecified atom stereocenters. The van der Waals surface area contributed by atoms with Crippen molar-refractivity contribution in [1.82, 2.24) is 0 Å². The smallest absolute Gasteiger partial charge is 0.0660 e. The number of hydrogen-bond donors (Lipinski definition) is 1. The van der Waals surface area contributed by atoms with E-state index >= 15 is 0 Å². The third-order valence-corrected chi connectivity index (χ3v) is 9.37. The van der Waals surface area contributed by atoms with Gasteiger partial charge < -0.3 is 9.84 Å². The number of aliphatic hydroxyl groups is 1. The summed E-state index contributed by atoms with van der Waals surface area (Å²) < 4.78 is 6.66. The Morgan fingerprint density at radius 1 is 0.960 bits per heavy atom. The van der Waals surface area contributed by atoms with Gasteiger partial charge in [0.05, 0.1) is 17.8 Å². The van der Waals surface area contributed by atoms with Crippen molar-refractivity contribution in [3.05, 3.63) is 11.6 Å². The number of fused-ring (bicyclic) bond motifs is 5. The second-order valence-electron chi connectivity index (χ2n) is 10.8. The maximum Gasteiger partial charge on any atom is 0.0660 e. The molecule has 0 amide bonds. The average Bonchev–Trinajstić information content (AvgIpc) is 3.21. The Morgan fingerprint density at radius 2 is 1.76 bits per heavy atom. The summed E-state index contributed by atoms with van der Waals surface area (Å²) in [6.07, 6.45) is 15.3. The molecular weight excluding hydrogens is 308 g/mol. The van der Waals surface area contributed by atoms with Crippen molar-refractivity contribution in [3.63, 3.8) is 0 Å². The van der Waals surface area contributed by atoms with E-state index in [0.717, 1.165) is 30.6 Å². The van der Waals surface area contributed by atoms with E-state index in [2.05, 4.69) is 26.8 Å². The van der Waals surface area contributed by atoms with Crippen LogP contribution in [0, 0.1) is 28.6 Å². The lowest BCUT2D eigenvalue weighted by molar-refractivity contribution is -0.119. The molecule has 0 radical (unpaired) electrons. The van der Waals surface area contributed by atoms with Crippen molar-refractivity contribution in [2.75, 3.05) is 0 Å². The second-order valence-corrected chi connectivity index (χ2v) is 10.8. The highest BCUT2D eigenvalue weighted by atomic mass is 16.5. The van der Waals surface area contributed by atoms with Crippen molar-refractivity contribution < 1.29 is 9.84 Å². The Hall–Kier alpha value is -0.340. The maximum atomic E-state index is 10.1. The first-order chi connectivity index (χ1) is 11.8. The highest BCUT2D eigenvalue weighted by Gasteiger charge is 2.60. The topological polar surface area (TPSA) is 29.5 Å². The molecule has 7 atom stereocenters. The SMILES string of the molecule is CC1(OC2CC[C@H]3[C@@H]4CC=C5CC(O)CC[C@]5(C)[C@@H]4CC[C@]23C)CC1. The van der Waals surface area contributed by atoms with Crippen molar-refractivity contribution in [3.8, 4) is 0 Å². The van der Waals surface area contributed by atoms with Gasteiger partial charge in [-0.3, -0.25) is 0 Å². The second kappa shape index (κ2) is 5.35. The summed E-state index contributed by atoms with van der Waals surface area (Å²) >= 11 is 0. The minimum atomic E-state index is -0.0896. The lowest BCUT2D eigenvalue weighted by atomic mass is 9.48. The summed E-state index contributed by atoms with van der Waals surface area (Å²) in [6.45, 7) is 7.40. The van der Waals surface area contributed by atoms with Gasteiger partial charge in [-0.25, -0.2) is 0 Å². The highest BCUT2D eigenvalue weighted by molar-refractivity contribution is 5.25. The Kier molecular flexibility index (Phi) is 3.60. The summed E-state index contributed by atoms with van der Waals surface area (Å²) in [5, 5.41) is 10.1.